The van der Waals surface area contributed by atoms with Crippen molar-refractivity contribution in [3.8, 4) is 0 Å². The maximum Gasteiger partial charge on any atom is 0.0777 e. The van der Waals surface area contributed by atoms with Crippen molar-refractivity contribution in [3.05, 3.63) is 22.4 Å². The van der Waals surface area contributed by atoms with Crippen LogP contribution < -0.4 is 0 Å². The summed E-state index contributed by atoms with van der Waals surface area (Å²) in [5, 5.41) is 11.8. The van der Waals surface area contributed by atoms with E-state index in [0.717, 1.165) is 12.8 Å². The van der Waals surface area contributed by atoms with Crippen LogP contribution >= 0.6 is 11.3 Å². The zero-order valence-electron chi connectivity index (χ0n) is 9.69. The minimum Gasteiger partial charge on any atom is -0.391 e. The number of hydrogen-bond acceptors (Lipinski definition) is 3. The fourth-order valence-electron chi connectivity index (χ4n) is 1.19. The SMILES string of the molecule is CC(C)(C)OCC(O)CCc1cccs1. The van der Waals surface area contributed by atoms with Gasteiger partial charge in [0.25, 0.3) is 0 Å². The first-order valence-corrected chi connectivity index (χ1v) is 6.20. The summed E-state index contributed by atoms with van der Waals surface area (Å²) in [4.78, 5) is 1.32. The number of thiophene rings is 1. The molecule has 1 unspecified atom stereocenters. The smallest absolute Gasteiger partial charge is 0.0777 e. The topological polar surface area (TPSA) is 29.5 Å². The van der Waals surface area contributed by atoms with Gasteiger partial charge in [-0.2, -0.15) is 0 Å². The number of hydrogen-bond donors (Lipinski definition) is 1. The second-order valence-electron chi connectivity index (χ2n) is 4.70. The monoisotopic (exact) mass is 228 g/mol. The van der Waals surface area contributed by atoms with Gasteiger partial charge in [0.05, 0.1) is 18.3 Å². The maximum atomic E-state index is 9.69. The highest BCUT2D eigenvalue weighted by atomic mass is 32.1. The number of aryl methyl sites for hydroxylation is 1. The Morgan fingerprint density at radius 1 is 1.47 bits per heavy atom. The Morgan fingerprint density at radius 3 is 2.73 bits per heavy atom. The third-order valence-electron chi connectivity index (χ3n) is 2.01. The van der Waals surface area contributed by atoms with Crippen LogP contribution in [0.2, 0.25) is 0 Å². The van der Waals surface area contributed by atoms with Gasteiger partial charge >= 0.3 is 0 Å². The van der Waals surface area contributed by atoms with Gasteiger partial charge in [-0.3, -0.25) is 0 Å². The fourth-order valence-corrected chi connectivity index (χ4v) is 1.92. The van der Waals surface area contributed by atoms with E-state index in [1.807, 2.05) is 26.8 Å². The molecule has 1 heterocycles. The van der Waals surface area contributed by atoms with Crippen molar-refractivity contribution in [1.29, 1.82) is 0 Å². The quantitative estimate of drug-likeness (QED) is 0.839. The lowest BCUT2D eigenvalue weighted by Crippen LogP contribution is -2.26. The second kappa shape index (κ2) is 5.64. The molecule has 0 amide bonds. The minimum atomic E-state index is -0.355. The standard InChI is InChI=1S/C12H20O2S/c1-12(2,3)14-9-10(13)6-7-11-5-4-8-15-11/h4-5,8,10,13H,6-7,9H2,1-3H3. The Bertz CT molecular complexity index is 262. The van der Waals surface area contributed by atoms with Crippen LogP contribution in [0, 0.1) is 0 Å². The molecule has 2 nitrogen and oxygen atoms in total. The molecule has 0 saturated carbocycles. The molecule has 0 saturated heterocycles. The van der Waals surface area contributed by atoms with E-state index in [2.05, 4.69) is 11.4 Å². The Hall–Kier alpha value is -0.380. The molecule has 0 bridgehead atoms. The van der Waals surface area contributed by atoms with Gasteiger partial charge in [0.1, 0.15) is 0 Å². The van der Waals surface area contributed by atoms with Crippen LogP contribution in [-0.4, -0.2) is 23.4 Å². The van der Waals surface area contributed by atoms with E-state index >= 15 is 0 Å². The van der Waals surface area contributed by atoms with E-state index < -0.39 is 0 Å². The first-order valence-electron chi connectivity index (χ1n) is 5.32. The first kappa shape index (κ1) is 12.7. The summed E-state index contributed by atoms with van der Waals surface area (Å²) in [7, 11) is 0. The van der Waals surface area contributed by atoms with Crippen molar-refractivity contribution in [2.24, 2.45) is 0 Å². The van der Waals surface area contributed by atoms with Crippen LogP contribution in [0.25, 0.3) is 0 Å². The van der Waals surface area contributed by atoms with Gasteiger partial charge in [0.15, 0.2) is 0 Å². The second-order valence-corrected chi connectivity index (χ2v) is 5.73. The largest absolute Gasteiger partial charge is 0.391 e. The third kappa shape index (κ3) is 5.92. The Kier molecular flexibility index (Phi) is 4.77. The molecule has 0 aromatic carbocycles. The summed E-state index contributed by atoms with van der Waals surface area (Å²) in [5.41, 5.74) is -0.163. The summed E-state index contributed by atoms with van der Waals surface area (Å²) in [5.74, 6) is 0. The zero-order valence-corrected chi connectivity index (χ0v) is 10.5. The average Bonchev–Trinajstić information content (AvgIpc) is 2.62. The Balaban J connectivity index is 2.16. The molecular weight excluding hydrogens is 208 g/mol. The molecule has 1 atom stereocenters. The molecule has 0 radical (unpaired) electrons. The maximum absolute atomic E-state index is 9.69. The highest BCUT2D eigenvalue weighted by Crippen LogP contribution is 2.13. The Morgan fingerprint density at radius 2 is 2.20 bits per heavy atom. The normalized spacial score (nSPS) is 14.1. The number of aliphatic hydroxyl groups is 1. The summed E-state index contributed by atoms with van der Waals surface area (Å²) < 4.78 is 5.51. The van der Waals surface area contributed by atoms with E-state index in [1.165, 1.54) is 4.88 Å². The lowest BCUT2D eigenvalue weighted by molar-refractivity contribution is -0.0502. The highest BCUT2D eigenvalue weighted by Gasteiger charge is 2.13. The molecule has 0 fully saturated rings. The van der Waals surface area contributed by atoms with E-state index in [0.29, 0.717) is 6.61 Å². The van der Waals surface area contributed by atoms with Crippen LogP contribution in [0.15, 0.2) is 17.5 Å². The molecule has 0 aliphatic heterocycles. The first-order chi connectivity index (χ1) is 6.97. The van der Waals surface area contributed by atoms with E-state index in [4.69, 9.17) is 4.74 Å². The molecule has 0 spiro atoms. The van der Waals surface area contributed by atoms with Gasteiger partial charge in [-0.05, 0) is 45.1 Å². The van der Waals surface area contributed by atoms with Gasteiger partial charge in [0, 0.05) is 4.88 Å². The lowest BCUT2D eigenvalue weighted by atomic mass is 10.1. The van der Waals surface area contributed by atoms with Crippen molar-refractivity contribution in [3.63, 3.8) is 0 Å². The predicted molar refractivity (Wildman–Crippen MR) is 64.4 cm³/mol. The van der Waals surface area contributed by atoms with Crippen molar-refractivity contribution < 1.29 is 9.84 Å². The number of rotatable bonds is 5. The summed E-state index contributed by atoms with van der Waals surface area (Å²) >= 11 is 1.74. The van der Waals surface area contributed by atoms with Crippen molar-refractivity contribution in [2.45, 2.75) is 45.3 Å². The minimum absolute atomic E-state index is 0.163. The van der Waals surface area contributed by atoms with Crippen LogP contribution in [0.4, 0.5) is 0 Å². The molecule has 3 heteroatoms. The molecular formula is C12H20O2S. The number of aliphatic hydroxyl groups excluding tert-OH is 1. The summed E-state index contributed by atoms with van der Waals surface area (Å²) in [6.45, 7) is 6.42. The van der Waals surface area contributed by atoms with Gasteiger partial charge in [-0.1, -0.05) is 6.07 Å². The zero-order chi connectivity index (χ0) is 11.3. The molecule has 0 aliphatic carbocycles. The van der Waals surface area contributed by atoms with Crippen LogP contribution in [0.5, 0.6) is 0 Å². The van der Waals surface area contributed by atoms with E-state index in [9.17, 15) is 5.11 Å². The molecule has 1 rings (SSSR count). The van der Waals surface area contributed by atoms with Crippen molar-refractivity contribution in [1.82, 2.24) is 0 Å². The molecule has 1 aromatic heterocycles. The molecule has 0 aliphatic rings. The van der Waals surface area contributed by atoms with Gasteiger partial charge in [0.2, 0.25) is 0 Å². The average molecular weight is 228 g/mol. The molecule has 1 N–H and O–H groups in total. The summed E-state index contributed by atoms with van der Waals surface area (Å²) in [6.07, 6.45) is 1.36. The molecule has 15 heavy (non-hydrogen) atoms. The van der Waals surface area contributed by atoms with E-state index in [-0.39, 0.29) is 11.7 Å². The fraction of sp³-hybridized carbons (Fsp3) is 0.667. The van der Waals surface area contributed by atoms with Crippen molar-refractivity contribution in [2.75, 3.05) is 6.61 Å². The van der Waals surface area contributed by atoms with Crippen LogP contribution in [-0.2, 0) is 11.2 Å². The highest BCUT2D eigenvalue weighted by molar-refractivity contribution is 7.09. The van der Waals surface area contributed by atoms with Crippen molar-refractivity contribution >= 4 is 11.3 Å². The number of ether oxygens (including phenoxy) is 1. The third-order valence-corrected chi connectivity index (χ3v) is 2.95. The predicted octanol–water partition coefficient (Wildman–Crippen LogP) is 2.86. The Labute approximate surface area is 95.9 Å². The van der Waals surface area contributed by atoms with Crippen LogP contribution in [0.1, 0.15) is 32.1 Å². The summed E-state index contributed by atoms with van der Waals surface area (Å²) in [6, 6.07) is 4.14. The van der Waals surface area contributed by atoms with Crippen LogP contribution in [0.3, 0.4) is 0 Å². The molecule has 1 aromatic rings. The van der Waals surface area contributed by atoms with Gasteiger partial charge in [-0.15, -0.1) is 11.3 Å². The van der Waals surface area contributed by atoms with E-state index in [1.54, 1.807) is 11.3 Å². The van der Waals surface area contributed by atoms with Gasteiger partial charge < -0.3 is 9.84 Å². The lowest BCUT2D eigenvalue weighted by Gasteiger charge is -2.21. The molecule has 86 valence electrons. The van der Waals surface area contributed by atoms with Gasteiger partial charge in [-0.25, -0.2) is 0 Å².